The van der Waals surface area contributed by atoms with E-state index in [1.165, 1.54) is 18.4 Å². The van der Waals surface area contributed by atoms with E-state index in [1.807, 2.05) is 6.07 Å². The van der Waals surface area contributed by atoms with Crippen molar-refractivity contribution in [3.8, 4) is 5.75 Å². The van der Waals surface area contributed by atoms with E-state index in [2.05, 4.69) is 24.4 Å². The molecule has 17 heavy (non-hydrogen) atoms. The molecule has 1 saturated heterocycles. The lowest BCUT2D eigenvalue weighted by atomic mass is 9.87. The monoisotopic (exact) mass is 234 g/mol. The van der Waals surface area contributed by atoms with Gasteiger partial charge in [0.05, 0.1) is 7.11 Å². The minimum absolute atomic E-state index is 0.132. The Balaban J connectivity index is 2.12. The van der Waals surface area contributed by atoms with Crippen LogP contribution in [0.1, 0.15) is 30.0 Å². The van der Waals surface area contributed by atoms with Gasteiger partial charge < -0.3 is 15.8 Å². The number of benzene rings is 1. The maximum absolute atomic E-state index is 6.35. The van der Waals surface area contributed by atoms with Gasteiger partial charge >= 0.3 is 0 Å². The molecule has 1 aromatic rings. The second-order valence-electron chi connectivity index (χ2n) is 4.86. The summed E-state index contributed by atoms with van der Waals surface area (Å²) in [4.78, 5) is 0. The zero-order valence-corrected chi connectivity index (χ0v) is 10.7. The van der Waals surface area contributed by atoms with Crippen LogP contribution in [0.2, 0.25) is 0 Å². The van der Waals surface area contributed by atoms with E-state index in [0.717, 1.165) is 24.4 Å². The fourth-order valence-corrected chi connectivity index (χ4v) is 2.57. The molecule has 0 aliphatic carbocycles. The smallest absolute Gasteiger partial charge is 0.121 e. The lowest BCUT2D eigenvalue weighted by Gasteiger charge is -2.28. The van der Waals surface area contributed by atoms with Crippen LogP contribution in [0.5, 0.6) is 5.75 Å². The summed E-state index contributed by atoms with van der Waals surface area (Å²) in [5.74, 6) is 1.49. The second-order valence-corrected chi connectivity index (χ2v) is 4.86. The molecule has 0 radical (unpaired) electrons. The van der Waals surface area contributed by atoms with Gasteiger partial charge in [-0.3, -0.25) is 0 Å². The van der Waals surface area contributed by atoms with E-state index in [4.69, 9.17) is 10.5 Å². The van der Waals surface area contributed by atoms with Crippen molar-refractivity contribution in [2.75, 3.05) is 20.2 Å². The van der Waals surface area contributed by atoms with Gasteiger partial charge in [-0.25, -0.2) is 0 Å². The Morgan fingerprint density at radius 2 is 2.29 bits per heavy atom. The van der Waals surface area contributed by atoms with Gasteiger partial charge in [0.1, 0.15) is 5.75 Å². The minimum Gasteiger partial charge on any atom is -0.496 e. The van der Waals surface area contributed by atoms with E-state index < -0.39 is 0 Å². The van der Waals surface area contributed by atoms with Crippen molar-refractivity contribution in [3.05, 3.63) is 29.3 Å². The normalized spacial score (nSPS) is 22.2. The molecule has 1 aliphatic heterocycles. The number of piperidine rings is 1. The molecule has 2 atom stereocenters. The zero-order valence-electron chi connectivity index (χ0n) is 10.7. The summed E-state index contributed by atoms with van der Waals surface area (Å²) in [5, 5.41) is 3.42. The first-order valence-corrected chi connectivity index (χ1v) is 6.33. The van der Waals surface area contributed by atoms with Gasteiger partial charge in [0, 0.05) is 6.04 Å². The lowest BCUT2D eigenvalue weighted by Crippen LogP contribution is -2.36. The average molecular weight is 234 g/mol. The third kappa shape index (κ3) is 2.79. The topological polar surface area (TPSA) is 47.3 Å². The van der Waals surface area contributed by atoms with Crippen LogP contribution in [-0.2, 0) is 0 Å². The molecule has 1 heterocycles. The molecule has 0 bridgehead atoms. The number of rotatable bonds is 3. The molecular formula is C14H22N2O. The zero-order chi connectivity index (χ0) is 12.3. The number of aryl methyl sites for hydroxylation is 1. The van der Waals surface area contributed by atoms with Crippen molar-refractivity contribution < 1.29 is 4.74 Å². The Hall–Kier alpha value is -1.06. The van der Waals surface area contributed by atoms with Gasteiger partial charge in [0.15, 0.2) is 0 Å². The standard InChI is InChI=1S/C14H22N2O/c1-10-8-11(5-6-13(10)17-2)14(15)12-4-3-7-16-9-12/h5-6,8,12,14,16H,3-4,7,9,15H2,1-2H3. The third-order valence-electron chi connectivity index (χ3n) is 3.65. The Morgan fingerprint density at radius 3 is 2.88 bits per heavy atom. The molecule has 1 fully saturated rings. The van der Waals surface area contributed by atoms with Crippen molar-refractivity contribution in [3.63, 3.8) is 0 Å². The first-order valence-electron chi connectivity index (χ1n) is 6.33. The highest BCUT2D eigenvalue weighted by Gasteiger charge is 2.21. The molecule has 1 aromatic carbocycles. The molecule has 1 aliphatic rings. The molecule has 0 saturated carbocycles. The van der Waals surface area contributed by atoms with Crippen molar-refractivity contribution in [1.82, 2.24) is 5.32 Å². The lowest BCUT2D eigenvalue weighted by molar-refractivity contribution is 0.326. The van der Waals surface area contributed by atoms with Gasteiger partial charge in [-0.15, -0.1) is 0 Å². The van der Waals surface area contributed by atoms with E-state index in [-0.39, 0.29) is 6.04 Å². The summed E-state index contributed by atoms with van der Waals surface area (Å²) < 4.78 is 5.27. The number of nitrogens with two attached hydrogens (primary N) is 1. The van der Waals surface area contributed by atoms with Crippen molar-refractivity contribution in [1.29, 1.82) is 0 Å². The fourth-order valence-electron chi connectivity index (χ4n) is 2.57. The van der Waals surface area contributed by atoms with Gasteiger partial charge in [-0.1, -0.05) is 12.1 Å². The molecule has 94 valence electrons. The Morgan fingerprint density at radius 1 is 1.47 bits per heavy atom. The summed E-state index contributed by atoms with van der Waals surface area (Å²) in [6.45, 7) is 4.23. The van der Waals surface area contributed by atoms with Gasteiger partial charge in [-0.2, -0.15) is 0 Å². The number of methoxy groups -OCH3 is 1. The van der Waals surface area contributed by atoms with Crippen LogP contribution in [0.4, 0.5) is 0 Å². The Labute approximate surface area is 103 Å². The van der Waals surface area contributed by atoms with Crippen LogP contribution in [-0.4, -0.2) is 20.2 Å². The van der Waals surface area contributed by atoms with Crippen LogP contribution in [0, 0.1) is 12.8 Å². The highest BCUT2D eigenvalue weighted by Crippen LogP contribution is 2.28. The summed E-state index contributed by atoms with van der Waals surface area (Å²) in [6.07, 6.45) is 2.45. The predicted octanol–water partition coefficient (Wildman–Crippen LogP) is 2.00. The largest absolute Gasteiger partial charge is 0.496 e. The van der Waals surface area contributed by atoms with Crippen LogP contribution in [0.25, 0.3) is 0 Å². The minimum atomic E-state index is 0.132. The maximum Gasteiger partial charge on any atom is 0.121 e. The molecule has 0 amide bonds. The van der Waals surface area contributed by atoms with E-state index >= 15 is 0 Å². The predicted molar refractivity (Wildman–Crippen MR) is 70.3 cm³/mol. The first kappa shape index (κ1) is 12.4. The van der Waals surface area contributed by atoms with Crippen LogP contribution >= 0.6 is 0 Å². The Bertz CT molecular complexity index is 372. The van der Waals surface area contributed by atoms with Crippen molar-refractivity contribution in [2.45, 2.75) is 25.8 Å². The second kappa shape index (κ2) is 5.52. The van der Waals surface area contributed by atoms with E-state index in [0.29, 0.717) is 5.92 Å². The SMILES string of the molecule is COc1ccc(C(N)C2CCCNC2)cc1C. The van der Waals surface area contributed by atoms with Gasteiger partial charge in [0.25, 0.3) is 0 Å². The number of ether oxygens (including phenoxy) is 1. The average Bonchev–Trinajstić information content (AvgIpc) is 2.39. The van der Waals surface area contributed by atoms with Crippen LogP contribution in [0.15, 0.2) is 18.2 Å². The summed E-state index contributed by atoms with van der Waals surface area (Å²) in [7, 11) is 1.70. The maximum atomic E-state index is 6.35. The number of nitrogens with one attached hydrogen (secondary N) is 1. The third-order valence-corrected chi connectivity index (χ3v) is 3.65. The Kier molecular flexibility index (Phi) is 4.02. The first-order chi connectivity index (χ1) is 8.22. The van der Waals surface area contributed by atoms with Crippen LogP contribution in [0.3, 0.4) is 0 Å². The summed E-state index contributed by atoms with van der Waals surface area (Å²) in [5.41, 5.74) is 8.73. The van der Waals surface area contributed by atoms with Crippen molar-refractivity contribution in [2.24, 2.45) is 11.7 Å². The van der Waals surface area contributed by atoms with Crippen LogP contribution < -0.4 is 15.8 Å². The molecule has 0 spiro atoms. The highest BCUT2D eigenvalue weighted by molar-refractivity contribution is 5.37. The molecular weight excluding hydrogens is 212 g/mol. The summed E-state index contributed by atoms with van der Waals surface area (Å²) in [6, 6.07) is 6.39. The number of hydrogen-bond acceptors (Lipinski definition) is 3. The highest BCUT2D eigenvalue weighted by atomic mass is 16.5. The quantitative estimate of drug-likeness (QED) is 0.841. The van der Waals surface area contributed by atoms with Crippen molar-refractivity contribution >= 4 is 0 Å². The molecule has 3 N–H and O–H groups in total. The summed E-state index contributed by atoms with van der Waals surface area (Å²) >= 11 is 0. The molecule has 2 rings (SSSR count). The fraction of sp³-hybridized carbons (Fsp3) is 0.571. The van der Waals surface area contributed by atoms with Gasteiger partial charge in [0.2, 0.25) is 0 Å². The van der Waals surface area contributed by atoms with E-state index in [1.54, 1.807) is 7.11 Å². The van der Waals surface area contributed by atoms with Gasteiger partial charge in [-0.05, 0) is 56.0 Å². The number of hydrogen-bond donors (Lipinski definition) is 2. The molecule has 3 heteroatoms. The molecule has 0 aromatic heterocycles. The van der Waals surface area contributed by atoms with E-state index in [9.17, 15) is 0 Å². The molecule has 3 nitrogen and oxygen atoms in total. The molecule has 2 unspecified atom stereocenters.